The van der Waals surface area contributed by atoms with Gasteiger partial charge < -0.3 is 5.73 Å². The van der Waals surface area contributed by atoms with E-state index >= 15 is 0 Å². The Hall–Kier alpha value is -2.15. The molecule has 1 aliphatic heterocycles. The van der Waals surface area contributed by atoms with Gasteiger partial charge in [0.05, 0.1) is 11.9 Å². The summed E-state index contributed by atoms with van der Waals surface area (Å²) in [6.45, 7) is 2.19. The van der Waals surface area contributed by atoms with Crippen molar-refractivity contribution in [1.29, 1.82) is 0 Å². The van der Waals surface area contributed by atoms with Crippen molar-refractivity contribution in [2.75, 3.05) is 16.6 Å². The highest BCUT2D eigenvalue weighted by molar-refractivity contribution is 7.92. The summed E-state index contributed by atoms with van der Waals surface area (Å²) in [5, 5.41) is 0. The van der Waals surface area contributed by atoms with Gasteiger partial charge in [-0.2, -0.15) is 0 Å². The van der Waals surface area contributed by atoms with Crippen LogP contribution in [0.1, 0.15) is 11.1 Å². The summed E-state index contributed by atoms with van der Waals surface area (Å²) < 4.78 is 39.7. The number of hydrogen-bond acceptors (Lipinski definition) is 4. The van der Waals surface area contributed by atoms with Gasteiger partial charge in [-0.3, -0.25) is 9.29 Å². The first-order valence-electron chi connectivity index (χ1n) is 6.42. The first-order chi connectivity index (χ1) is 9.89. The van der Waals surface area contributed by atoms with Crippen LogP contribution in [0.25, 0.3) is 0 Å². The van der Waals surface area contributed by atoms with E-state index in [0.29, 0.717) is 24.3 Å². The molecule has 1 aromatic heterocycles. The highest BCUT2D eigenvalue weighted by Crippen LogP contribution is 2.35. The highest BCUT2D eigenvalue weighted by atomic mass is 32.2. The number of pyridine rings is 1. The van der Waals surface area contributed by atoms with Crippen LogP contribution in [0.3, 0.4) is 0 Å². The van der Waals surface area contributed by atoms with Gasteiger partial charge in [-0.05, 0) is 36.6 Å². The molecule has 0 saturated carbocycles. The second-order valence-electron chi connectivity index (χ2n) is 5.00. The summed E-state index contributed by atoms with van der Waals surface area (Å²) in [7, 11) is -3.83. The molecule has 21 heavy (non-hydrogen) atoms. The molecule has 3 rings (SSSR count). The number of nitrogens with zero attached hydrogens (tertiary/aromatic N) is 2. The van der Waals surface area contributed by atoms with Gasteiger partial charge >= 0.3 is 0 Å². The van der Waals surface area contributed by atoms with E-state index < -0.39 is 15.8 Å². The number of aromatic nitrogens is 1. The van der Waals surface area contributed by atoms with Crippen LogP contribution in [0.5, 0.6) is 0 Å². The van der Waals surface area contributed by atoms with Gasteiger partial charge in [0.15, 0.2) is 0 Å². The quantitative estimate of drug-likeness (QED) is 0.859. The van der Waals surface area contributed by atoms with Crippen LogP contribution in [0.2, 0.25) is 0 Å². The standard InChI is InChI=1S/C14H14FN3O2S/c1-9-4-10-2-3-18(14(10)6-13(9)16)21(19,20)12-5-11(15)7-17-8-12/h4-8H,2-3,16H2,1H3. The molecule has 1 aliphatic rings. The van der Waals surface area contributed by atoms with Crippen molar-refractivity contribution < 1.29 is 12.8 Å². The largest absolute Gasteiger partial charge is 0.398 e. The van der Waals surface area contributed by atoms with Crippen molar-refractivity contribution in [2.45, 2.75) is 18.2 Å². The third-order valence-corrected chi connectivity index (χ3v) is 5.37. The summed E-state index contributed by atoms with van der Waals surface area (Å²) in [6.07, 6.45) is 2.73. The smallest absolute Gasteiger partial charge is 0.265 e. The number of nitrogen functional groups attached to an aromatic ring is 1. The Kier molecular flexibility index (Phi) is 3.09. The van der Waals surface area contributed by atoms with E-state index in [1.165, 1.54) is 4.31 Å². The van der Waals surface area contributed by atoms with E-state index in [9.17, 15) is 12.8 Å². The molecule has 0 unspecified atom stereocenters. The van der Waals surface area contributed by atoms with E-state index in [-0.39, 0.29) is 4.90 Å². The molecule has 7 heteroatoms. The molecule has 0 radical (unpaired) electrons. The molecule has 0 amide bonds. The molecule has 2 N–H and O–H groups in total. The molecule has 2 aromatic rings. The van der Waals surface area contributed by atoms with Crippen LogP contribution in [-0.4, -0.2) is 19.9 Å². The number of halogens is 1. The van der Waals surface area contributed by atoms with E-state index in [2.05, 4.69) is 4.98 Å². The SMILES string of the molecule is Cc1cc2c(cc1N)N(S(=O)(=O)c1cncc(F)c1)CC2. The lowest BCUT2D eigenvalue weighted by Crippen LogP contribution is -2.29. The summed E-state index contributed by atoms with van der Waals surface area (Å²) in [6, 6.07) is 4.52. The third kappa shape index (κ3) is 2.23. The highest BCUT2D eigenvalue weighted by Gasteiger charge is 2.31. The van der Waals surface area contributed by atoms with Crippen LogP contribution in [0.15, 0.2) is 35.5 Å². The van der Waals surface area contributed by atoms with Gasteiger partial charge in [0.1, 0.15) is 10.7 Å². The molecule has 110 valence electrons. The Labute approximate surface area is 122 Å². The molecular weight excluding hydrogens is 293 g/mol. The number of aryl methyl sites for hydroxylation is 1. The van der Waals surface area contributed by atoms with E-state index in [1.807, 2.05) is 13.0 Å². The maximum Gasteiger partial charge on any atom is 0.265 e. The molecule has 0 aliphatic carbocycles. The fraction of sp³-hybridized carbons (Fsp3) is 0.214. The molecular formula is C14H14FN3O2S. The zero-order chi connectivity index (χ0) is 15.2. The molecule has 0 fully saturated rings. The van der Waals surface area contributed by atoms with Gasteiger partial charge in [0, 0.05) is 18.4 Å². The Morgan fingerprint density at radius 2 is 2.05 bits per heavy atom. The fourth-order valence-corrected chi connectivity index (χ4v) is 3.93. The van der Waals surface area contributed by atoms with Crippen LogP contribution in [0.4, 0.5) is 15.8 Å². The van der Waals surface area contributed by atoms with Gasteiger partial charge in [-0.15, -0.1) is 0 Å². The molecule has 0 atom stereocenters. The lowest BCUT2D eigenvalue weighted by Gasteiger charge is -2.20. The van der Waals surface area contributed by atoms with Crippen molar-refractivity contribution >= 4 is 21.4 Å². The van der Waals surface area contributed by atoms with Crippen molar-refractivity contribution in [2.24, 2.45) is 0 Å². The maximum absolute atomic E-state index is 13.2. The minimum Gasteiger partial charge on any atom is -0.398 e. The Bertz CT molecular complexity index is 821. The first kappa shape index (κ1) is 13.8. The lowest BCUT2D eigenvalue weighted by molar-refractivity contribution is 0.585. The number of sulfonamides is 1. The molecule has 0 saturated heterocycles. The van der Waals surface area contributed by atoms with E-state index in [4.69, 9.17) is 5.73 Å². The van der Waals surface area contributed by atoms with E-state index in [1.54, 1.807) is 6.07 Å². The van der Waals surface area contributed by atoms with Crippen molar-refractivity contribution in [3.05, 3.63) is 47.5 Å². The molecule has 0 spiro atoms. The summed E-state index contributed by atoms with van der Waals surface area (Å²) in [4.78, 5) is 3.45. The second-order valence-corrected chi connectivity index (χ2v) is 6.87. The van der Waals surface area contributed by atoms with Crippen LogP contribution in [-0.2, 0) is 16.4 Å². The Morgan fingerprint density at radius 3 is 2.76 bits per heavy atom. The number of nitrogens with two attached hydrogens (primary N) is 1. The molecule has 2 heterocycles. The predicted molar refractivity (Wildman–Crippen MR) is 78.0 cm³/mol. The Morgan fingerprint density at radius 1 is 1.29 bits per heavy atom. The second kappa shape index (κ2) is 4.70. The lowest BCUT2D eigenvalue weighted by atomic mass is 10.1. The molecule has 5 nitrogen and oxygen atoms in total. The summed E-state index contributed by atoms with van der Waals surface area (Å²) in [5.74, 6) is -0.682. The topological polar surface area (TPSA) is 76.3 Å². The summed E-state index contributed by atoms with van der Waals surface area (Å²) in [5.41, 5.74) is 8.80. The first-order valence-corrected chi connectivity index (χ1v) is 7.86. The zero-order valence-electron chi connectivity index (χ0n) is 11.4. The summed E-state index contributed by atoms with van der Waals surface area (Å²) >= 11 is 0. The minimum absolute atomic E-state index is 0.158. The van der Waals surface area contributed by atoms with Gasteiger partial charge in [-0.25, -0.2) is 12.8 Å². The average Bonchev–Trinajstić information content (AvgIpc) is 2.83. The number of rotatable bonds is 2. The van der Waals surface area contributed by atoms with Crippen LogP contribution >= 0.6 is 0 Å². The van der Waals surface area contributed by atoms with Crippen molar-refractivity contribution in [3.8, 4) is 0 Å². The molecule has 0 bridgehead atoms. The van der Waals surface area contributed by atoms with Crippen molar-refractivity contribution in [3.63, 3.8) is 0 Å². The average molecular weight is 307 g/mol. The van der Waals surface area contributed by atoms with Gasteiger partial charge in [-0.1, -0.05) is 6.07 Å². The van der Waals surface area contributed by atoms with E-state index in [0.717, 1.165) is 29.6 Å². The minimum atomic E-state index is -3.83. The van der Waals surface area contributed by atoms with Crippen LogP contribution < -0.4 is 10.0 Å². The van der Waals surface area contributed by atoms with Gasteiger partial charge in [0.2, 0.25) is 0 Å². The number of anilines is 2. The monoisotopic (exact) mass is 307 g/mol. The maximum atomic E-state index is 13.2. The number of fused-ring (bicyclic) bond motifs is 1. The number of benzene rings is 1. The van der Waals surface area contributed by atoms with Gasteiger partial charge in [0.25, 0.3) is 10.0 Å². The molecule has 1 aromatic carbocycles. The van der Waals surface area contributed by atoms with Crippen molar-refractivity contribution in [1.82, 2.24) is 4.98 Å². The Balaban J connectivity index is 2.10. The fourth-order valence-electron chi connectivity index (χ4n) is 2.46. The predicted octanol–water partition coefficient (Wildman–Crippen LogP) is 1.86. The third-order valence-electron chi connectivity index (χ3n) is 3.59. The van der Waals surface area contributed by atoms with Crippen LogP contribution in [0, 0.1) is 12.7 Å². The zero-order valence-corrected chi connectivity index (χ0v) is 12.2. The number of hydrogen-bond donors (Lipinski definition) is 1. The normalized spacial score (nSPS) is 14.3.